The molecule has 5 heteroatoms. The summed E-state index contributed by atoms with van der Waals surface area (Å²) in [5.41, 5.74) is 0.191. The summed E-state index contributed by atoms with van der Waals surface area (Å²) in [5.74, 6) is -0.188. The molecule has 0 aromatic heterocycles. The van der Waals surface area contributed by atoms with E-state index in [9.17, 15) is 8.78 Å². The van der Waals surface area contributed by atoms with Gasteiger partial charge in [-0.1, -0.05) is 6.58 Å². The van der Waals surface area contributed by atoms with Gasteiger partial charge < -0.3 is 9.47 Å². The maximum absolute atomic E-state index is 12.8. The highest BCUT2D eigenvalue weighted by Gasteiger charge is 2.47. The first kappa shape index (κ1) is 11.6. The van der Waals surface area contributed by atoms with Gasteiger partial charge in [0.25, 0.3) is 0 Å². The zero-order valence-electron chi connectivity index (χ0n) is 9.30. The summed E-state index contributed by atoms with van der Waals surface area (Å²) in [6, 6.07) is 2.18. The minimum absolute atomic E-state index is 0.0796. The highest BCUT2D eigenvalue weighted by molar-refractivity contribution is 5.36. The molecule has 0 saturated heterocycles. The zero-order valence-corrected chi connectivity index (χ0v) is 9.30. The van der Waals surface area contributed by atoms with Crippen molar-refractivity contribution in [3.05, 3.63) is 35.8 Å². The Balaban J connectivity index is 2.27. The van der Waals surface area contributed by atoms with Gasteiger partial charge in [0.1, 0.15) is 0 Å². The molecule has 0 radical (unpaired) electrons. The molecule has 3 nitrogen and oxygen atoms in total. The summed E-state index contributed by atoms with van der Waals surface area (Å²) >= 11 is 0. The largest absolute Gasteiger partial charge is 0.586 e. The molecule has 2 rings (SSSR count). The van der Waals surface area contributed by atoms with E-state index in [2.05, 4.69) is 22.1 Å². The van der Waals surface area contributed by atoms with Gasteiger partial charge in [0.05, 0.1) is 11.5 Å². The van der Waals surface area contributed by atoms with E-state index >= 15 is 0 Å². The molecular formula is C12H11F2NO2. The second-order valence-electron chi connectivity index (χ2n) is 4.12. The highest BCUT2D eigenvalue weighted by Crippen LogP contribution is 2.51. The Hall–Kier alpha value is -1.83. The summed E-state index contributed by atoms with van der Waals surface area (Å²) in [6.07, 6.45) is 0.429. The molecular weight excluding hydrogens is 228 g/mol. The Morgan fingerprint density at radius 2 is 2.00 bits per heavy atom. The van der Waals surface area contributed by atoms with Crippen LogP contribution < -0.4 is 0 Å². The number of nitrogens with zero attached hydrogens (tertiary/aromatic N) is 1. The quantitative estimate of drug-likeness (QED) is 0.759. The van der Waals surface area contributed by atoms with Gasteiger partial charge in [0, 0.05) is 0 Å². The highest BCUT2D eigenvalue weighted by atomic mass is 19.3. The van der Waals surface area contributed by atoms with Gasteiger partial charge in [0.2, 0.25) is 0 Å². The third-order valence-electron chi connectivity index (χ3n) is 2.95. The molecule has 0 aromatic rings. The van der Waals surface area contributed by atoms with Crippen molar-refractivity contribution in [2.24, 2.45) is 5.41 Å². The third kappa shape index (κ3) is 2.03. The average Bonchev–Trinajstić information content (AvgIpc) is 3.00. The van der Waals surface area contributed by atoms with E-state index in [0.717, 1.165) is 18.9 Å². The van der Waals surface area contributed by atoms with Crippen LogP contribution in [0, 0.1) is 16.7 Å². The van der Waals surface area contributed by atoms with E-state index in [1.807, 2.05) is 0 Å². The number of hydrogen-bond donors (Lipinski definition) is 0. The van der Waals surface area contributed by atoms with Gasteiger partial charge in [-0.2, -0.15) is 5.26 Å². The monoisotopic (exact) mass is 239 g/mol. The number of hydrogen-bond acceptors (Lipinski definition) is 3. The van der Waals surface area contributed by atoms with E-state index in [4.69, 9.17) is 5.26 Å². The minimum atomic E-state index is -3.65. The summed E-state index contributed by atoms with van der Waals surface area (Å²) in [4.78, 5) is 0. The number of rotatable bonds is 3. The van der Waals surface area contributed by atoms with Gasteiger partial charge in [0.15, 0.2) is 11.5 Å². The Bertz CT molecular complexity index is 467. The van der Waals surface area contributed by atoms with Crippen LogP contribution in [0.3, 0.4) is 0 Å². The Morgan fingerprint density at radius 3 is 2.47 bits per heavy atom. The van der Waals surface area contributed by atoms with Crippen molar-refractivity contribution in [3.63, 3.8) is 0 Å². The second-order valence-corrected chi connectivity index (χ2v) is 4.12. The first-order chi connectivity index (χ1) is 7.92. The van der Waals surface area contributed by atoms with Gasteiger partial charge in [-0.25, -0.2) is 0 Å². The van der Waals surface area contributed by atoms with Gasteiger partial charge in [-0.15, -0.1) is 8.78 Å². The third-order valence-corrected chi connectivity index (χ3v) is 2.95. The van der Waals surface area contributed by atoms with Crippen LogP contribution in [-0.4, -0.2) is 6.29 Å². The minimum Gasteiger partial charge on any atom is -0.395 e. The Kier molecular flexibility index (Phi) is 2.46. The van der Waals surface area contributed by atoms with E-state index < -0.39 is 11.7 Å². The molecule has 1 fully saturated rings. The van der Waals surface area contributed by atoms with Crippen LogP contribution in [0.2, 0.25) is 0 Å². The first-order valence-corrected chi connectivity index (χ1v) is 5.15. The summed E-state index contributed by atoms with van der Waals surface area (Å²) in [5, 5.41) is 8.98. The predicted molar refractivity (Wildman–Crippen MR) is 55.4 cm³/mol. The number of ether oxygens (including phenoxy) is 2. The molecule has 0 N–H and O–H groups in total. The van der Waals surface area contributed by atoms with E-state index in [1.54, 1.807) is 6.92 Å². The molecule has 0 amide bonds. The molecule has 0 unspecified atom stereocenters. The number of allylic oxidation sites excluding steroid dienone is 3. The normalized spacial score (nSPS) is 24.7. The van der Waals surface area contributed by atoms with Crippen LogP contribution in [0.5, 0.6) is 0 Å². The average molecular weight is 239 g/mol. The molecule has 17 heavy (non-hydrogen) atoms. The van der Waals surface area contributed by atoms with Crippen molar-refractivity contribution in [2.75, 3.05) is 0 Å². The summed E-state index contributed by atoms with van der Waals surface area (Å²) < 4.78 is 34.3. The van der Waals surface area contributed by atoms with Crippen LogP contribution in [0.15, 0.2) is 35.8 Å². The van der Waals surface area contributed by atoms with E-state index in [0.29, 0.717) is 5.57 Å². The smallest absolute Gasteiger partial charge is 0.395 e. The van der Waals surface area contributed by atoms with Crippen molar-refractivity contribution in [1.29, 1.82) is 5.26 Å². The lowest BCUT2D eigenvalue weighted by molar-refractivity contribution is -0.335. The maximum Gasteiger partial charge on any atom is 0.586 e. The van der Waals surface area contributed by atoms with Gasteiger partial charge in [-0.05, 0) is 37.5 Å². The molecule has 0 aromatic carbocycles. The van der Waals surface area contributed by atoms with Crippen LogP contribution >= 0.6 is 0 Å². The Morgan fingerprint density at radius 1 is 1.41 bits per heavy atom. The topological polar surface area (TPSA) is 42.2 Å². The van der Waals surface area contributed by atoms with Crippen LogP contribution in [0.25, 0.3) is 0 Å². The molecule has 1 aliphatic heterocycles. The Labute approximate surface area is 97.6 Å². The summed E-state index contributed by atoms with van der Waals surface area (Å²) in [7, 11) is 0. The van der Waals surface area contributed by atoms with Crippen molar-refractivity contribution in [1.82, 2.24) is 0 Å². The predicted octanol–water partition coefficient (Wildman–Crippen LogP) is 3.23. The van der Waals surface area contributed by atoms with E-state index in [1.165, 1.54) is 6.08 Å². The first-order valence-electron chi connectivity index (χ1n) is 5.15. The molecule has 2 aliphatic rings. The molecule has 1 aliphatic carbocycles. The zero-order chi connectivity index (χ0) is 12.7. The van der Waals surface area contributed by atoms with Gasteiger partial charge >= 0.3 is 6.29 Å². The van der Waals surface area contributed by atoms with Crippen LogP contribution in [0.1, 0.15) is 19.8 Å². The standard InChI is InChI=1S/C12H11F2NO2/c1-3-9-10(17-12(13,14)16-9)6-8(2)11(7-15)4-5-11/h3,6H,1,4-5H2,2H3. The fraction of sp³-hybridized carbons (Fsp3) is 0.417. The molecule has 90 valence electrons. The SMILES string of the molecule is C=CC1=C(C=C(C)C2(C#N)CC2)OC(F)(F)O1. The van der Waals surface area contributed by atoms with Crippen molar-refractivity contribution < 1.29 is 18.3 Å². The van der Waals surface area contributed by atoms with Crippen molar-refractivity contribution in [2.45, 2.75) is 26.1 Å². The lowest BCUT2D eigenvalue weighted by Crippen LogP contribution is -2.16. The fourth-order valence-corrected chi connectivity index (χ4v) is 1.67. The number of alkyl halides is 2. The fourth-order valence-electron chi connectivity index (χ4n) is 1.67. The lowest BCUT2D eigenvalue weighted by Gasteiger charge is -2.08. The van der Waals surface area contributed by atoms with Crippen LogP contribution in [-0.2, 0) is 9.47 Å². The molecule has 0 spiro atoms. The molecule has 0 atom stereocenters. The molecule has 1 heterocycles. The summed E-state index contributed by atoms with van der Waals surface area (Å²) in [6.45, 7) is 5.10. The molecule has 0 bridgehead atoms. The number of nitriles is 1. The number of halogens is 2. The second kappa shape index (κ2) is 3.59. The van der Waals surface area contributed by atoms with Crippen molar-refractivity contribution >= 4 is 0 Å². The molecule has 1 saturated carbocycles. The maximum atomic E-state index is 12.8. The lowest BCUT2D eigenvalue weighted by atomic mass is 9.98. The van der Waals surface area contributed by atoms with Gasteiger partial charge in [-0.3, -0.25) is 0 Å². The van der Waals surface area contributed by atoms with E-state index in [-0.39, 0.29) is 11.5 Å². The van der Waals surface area contributed by atoms with Crippen LogP contribution in [0.4, 0.5) is 8.78 Å². The van der Waals surface area contributed by atoms with Crippen molar-refractivity contribution in [3.8, 4) is 6.07 Å².